The van der Waals surface area contributed by atoms with E-state index in [4.69, 9.17) is 14.2 Å². The van der Waals surface area contributed by atoms with Gasteiger partial charge in [-0.2, -0.15) is 0 Å². The first-order chi connectivity index (χ1) is 18.6. The summed E-state index contributed by atoms with van der Waals surface area (Å²) in [4.78, 5) is 28.7. The molecule has 2 aromatic rings. The number of anilines is 1. The number of nitrogens with zero attached hydrogens (tertiary/aromatic N) is 2. The lowest BCUT2D eigenvalue weighted by Gasteiger charge is -2.34. The number of sulfonamides is 1. The molecule has 0 spiro atoms. The zero-order valence-electron chi connectivity index (χ0n) is 23.3. The fraction of sp³-hybridized carbons (Fsp3) is 0.500. The molecule has 11 heteroatoms. The van der Waals surface area contributed by atoms with Gasteiger partial charge in [0, 0.05) is 18.7 Å². The highest BCUT2D eigenvalue weighted by Crippen LogP contribution is 2.35. The molecule has 0 radical (unpaired) electrons. The van der Waals surface area contributed by atoms with Crippen molar-refractivity contribution in [2.24, 2.45) is 0 Å². The number of methoxy groups -OCH3 is 1. The van der Waals surface area contributed by atoms with E-state index in [2.05, 4.69) is 5.32 Å². The maximum Gasteiger partial charge on any atom is 0.244 e. The van der Waals surface area contributed by atoms with Gasteiger partial charge in [-0.3, -0.25) is 13.9 Å². The summed E-state index contributed by atoms with van der Waals surface area (Å²) < 4.78 is 44.0. The van der Waals surface area contributed by atoms with E-state index >= 15 is 0 Å². The summed E-state index contributed by atoms with van der Waals surface area (Å²) in [6.07, 6.45) is 1.08. The molecule has 1 aliphatic rings. The average molecular weight is 562 g/mol. The van der Waals surface area contributed by atoms with Crippen LogP contribution in [0.1, 0.15) is 46.1 Å². The summed E-state index contributed by atoms with van der Waals surface area (Å²) in [5.41, 5.74) is 1.04. The minimum absolute atomic E-state index is 0.0741. The van der Waals surface area contributed by atoms with Crippen LogP contribution in [0.4, 0.5) is 5.69 Å². The van der Waals surface area contributed by atoms with E-state index in [9.17, 15) is 18.0 Å². The van der Waals surface area contributed by atoms with E-state index in [0.29, 0.717) is 36.9 Å². The summed E-state index contributed by atoms with van der Waals surface area (Å²) in [5.74, 6) is 0.537. The van der Waals surface area contributed by atoms with Crippen molar-refractivity contribution in [1.29, 1.82) is 0 Å². The molecule has 0 aromatic heterocycles. The van der Waals surface area contributed by atoms with E-state index in [-0.39, 0.29) is 29.9 Å². The lowest BCUT2D eigenvalue weighted by atomic mass is 10.1. The first-order valence-electron chi connectivity index (χ1n) is 13.3. The molecule has 2 atom stereocenters. The molecule has 2 unspecified atom stereocenters. The van der Waals surface area contributed by atoms with E-state index in [1.54, 1.807) is 43.5 Å². The number of fused-ring (bicyclic) bond motifs is 1. The Kier molecular flexibility index (Phi) is 10.4. The van der Waals surface area contributed by atoms with Crippen molar-refractivity contribution in [3.63, 3.8) is 0 Å². The molecule has 0 bridgehead atoms. The maximum absolute atomic E-state index is 13.9. The number of amides is 2. The Labute approximate surface area is 231 Å². The Morgan fingerprint density at radius 2 is 1.74 bits per heavy atom. The molecule has 3 rings (SSSR count). The van der Waals surface area contributed by atoms with Crippen LogP contribution in [0.5, 0.6) is 17.2 Å². The van der Waals surface area contributed by atoms with Crippen LogP contribution in [-0.2, 0) is 26.2 Å². The first-order valence-corrected chi connectivity index (χ1v) is 14.9. The standard InChI is InChI=1S/C28H39N3O7S/c1-6-20(4)29-28(33)24(7-2)30(18-21-10-9-11-23(16-21)36-5)27(32)19-31(39(34,35)8-3)22-12-13-25-26(17-22)38-15-14-37-25/h9-13,16-17,20,24H,6-8,14-15,18-19H2,1-5H3,(H,29,33). The topological polar surface area (TPSA) is 114 Å². The number of carbonyl (C=O) groups excluding carboxylic acids is 2. The first kappa shape index (κ1) is 30.1. The Bertz CT molecular complexity index is 1250. The van der Waals surface area contributed by atoms with Gasteiger partial charge in [0.15, 0.2) is 11.5 Å². The molecule has 39 heavy (non-hydrogen) atoms. The number of carbonyl (C=O) groups is 2. The second-order valence-corrected chi connectivity index (χ2v) is 11.5. The minimum atomic E-state index is -3.86. The molecule has 214 valence electrons. The third kappa shape index (κ3) is 7.56. The van der Waals surface area contributed by atoms with Crippen molar-refractivity contribution < 1.29 is 32.2 Å². The van der Waals surface area contributed by atoms with E-state index < -0.39 is 28.5 Å². The number of benzene rings is 2. The fourth-order valence-corrected chi connectivity index (χ4v) is 5.29. The lowest BCUT2D eigenvalue weighted by Crippen LogP contribution is -2.53. The summed E-state index contributed by atoms with van der Waals surface area (Å²) in [5, 5.41) is 2.97. The largest absolute Gasteiger partial charge is 0.497 e. The van der Waals surface area contributed by atoms with Crippen molar-refractivity contribution in [2.45, 2.75) is 59.2 Å². The van der Waals surface area contributed by atoms with Crippen LogP contribution in [0, 0.1) is 0 Å². The smallest absolute Gasteiger partial charge is 0.244 e. The number of hydrogen-bond acceptors (Lipinski definition) is 7. The highest BCUT2D eigenvalue weighted by atomic mass is 32.2. The molecule has 1 heterocycles. The summed E-state index contributed by atoms with van der Waals surface area (Å²) in [6, 6.07) is 11.1. The van der Waals surface area contributed by atoms with Gasteiger partial charge in [-0.05, 0) is 56.5 Å². The van der Waals surface area contributed by atoms with Gasteiger partial charge in [-0.15, -0.1) is 0 Å². The van der Waals surface area contributed by atoms with Gasteiger partial charge in [-0.25, -0.2) is 8.42 Å². The van der Waals surface area contributed by atoms with Crippen molar-refractivity contribution >= 4 is 27.5 Å². The molecule has 1 aliphatic heterocycles. The second kappa shape index (κ2) is 13.5. The summed E-state index contributed by atoms with van der Waals surface area (Å²) in [7, 11) is -2.31. The maximum atomic E-state index is 13.9. The normalized spacial score (nSPS) is 14.2. The minimum Gasteiger partial charge on any atom is -0.497 e. The molecule has 2 aromatic carbocycles. The number of nitrogens with one attached hydrogen (secondary N) is 1. The molecule has 0 saturated heterocycles. The molecule has 0 aliphatic carbocycles. The van der Waals surface area contributed by atoms with Gasteiger partial charge in [0.1, 0.15) is 31.5 Å². The Hall–Kier alpha value is -3.47. The molecule has 2 amide bonds. The zero-order chi connectivity index (χ0) is 28.6. The van der Waals surface area contributed by atoms with Gasteiger partial charge in [0.2, 0.25) is 21.8 Å². The summed E-state index contributed by atoms with van der Waals surface area (Å²) in [6.45, 7) is 7.58. The quantitative estimate of drug-likeness (QED) is 0.399. The van der Waals surface area contributed by atoms with Crippen LogP contribution in [0.25, 0.3) is 0 Å². The molecule has 0 fully saturated rings. The molecule has 0 saturated carbocycles. The van der Waals surface area contributed by atoms with E-state index in [0.717, 1.165) is 16.3 Å². The zero-order valence-corrected chi connectivity index (χ0v) is 24.1. The van der Waals surface area contributed by atoms with Crippen LogP contribution >= 0.6 is 0 Å². The highest BCUT2D eigenvalue weighted by Gasteiger charge is 2.33. The number of hydrogen-bond donors (Lipinski definition) is 1. The van der Waals surface area contributed by atoms with E-state index in [1.807, 2.05) is 26.8 Å². The Balaban J connectivity index is 1.99. The predicted octanol–water partition coefficient (Wildman–Crippen LogP) is 3.34. The number of rotatable bonds is 13. The van der Waals surface area contributed by atoms with E-state index in [1.165, 1.54) is 11.8 Å². The van der Waals surface area contributed by atoms with Crippen molar-refractivity contribution in [3.05, 3.63) is 48.0 Å². The molecular formula is C28H39N3O7S. The van der Waals surface area contributed by atoms with Gasteiger partial charge in [0.25, 0.3) is 0 Å². The van der Waals surface area contributed by atoms with Gasteiger partial charge < -0.3 is 24.4 Å². The van der Waals surface area contributed by atoms with Gasteiger partial charge in [-0.1, -0.05) is 26.0 Å². The number of ether oxygens (including phenoxy) is 3. The Morgan fingerprint density at radius 3 is 2.38 bits per heavy atom. The SMILES string of the molecule is CCC(C)NC(=O)C(CC)N(Cc1cccc(OC)c1)C(=O)CN(c1ccc2c(c1)OCCO2)S(=O)(=O)CC. The molecule has 1 N–H and O–H groups in total. The third-order valence-electron chi connectivity index (χ3n) is 6.67. The Morgan fingerprint density at radius 1 is 1.03 bits per heavy atom. The van der Waals surface area contributed by atoms with Crippen LogP contribution in [0.2, 0.25) is 0 Å². The van der Waals surface area contributed by atoms with Crippen molar-refractivity contribution in [1.82, 2.24) is 10.2 Å². The molecular weight excluding hydrogens is 522 g/mol. The van der Waals surface area contributed by atoms with Crippen LogP contribution < -0.4 is 23.8 Å². The van der Waals surface area contributed by atoms with Crippen molar-refractivity contribution in [3.8, 4) is 17.2 Å². The predicted molar refractivity (Wildman–Crippen MR) is 150 cm³/mol. The van der Waals surface area contributed by atoms with Crippen LogP contribution in [0.3, 0.4) is 0 Å². The van der Waals surface area contributed by atoms with Crippen molar-refractivity contribution in [2.75, 3.05) is 36.9 Å². The highest BCUT2D eigenvalue weighted by molar-refractivity contribution is 7.92. The fourth-order valence-electron chi connectivity index (χ4n) is 4.24. The molecule has 10 nitrogen and oxygen atoms in total. The van der Waals surface area contributed by atoms with Crippen LogP contribution in [-0.4, -0.2) is 69.8 Å². The van der Waals surface area contributed by atoms with Crippen LogP contribution in [0.15, 0.2) is 42.5 Å². The monoisotopic (exact) mass is 561 g/mol. The average Bonchev–Trinajstić information content (AvgIpc) is 2.95. The third-order valence-corrected chi connectivity index (χ3v) is 8.41. The van der Waals surface area contributed by atoms with Gasteiger partial charge >= 0.3 is 0 Å². The summed E-state index contributed by atoms with van der Waals surface area (Å²) >= 11 is 0. The van der Waals surface area contributed by atoms with Gasteiger partial charge in [0.05, 0.1) is 18.6 Å². The lowest BCUT2D eigenvalue weighted by molar-refractivity contribution is -0.140. The second-order valence-electron chi connectivity index (χ2n) is 9.35.